The fourth-order valence-electron chi connectivity index (χ4n) is 1.06. The van der Waals surface area contributed by atoms with Gasteiger partial charge >= 0.3 is 10.2 Å². The number of rotatable bonds is 1. The summed E-state index contributed by atoms with van der Waals surface area (Å²) in [6.07, 6.45) is 1.19. The molecule has 0 bridgehead atoms. The van der Waals surface area contributed by atoms with Gasteiger partial charge in [0.15, 0.2) is 0 Å². The van der Waals surface area contributed by atoms with Crippen molar-refractivity contribution in [3.8, 4) is 0 Å². The molecule has 1 rings (SSSR count). The molecule has 0 aromatic heterocycles. The molecule has 11 heavy (non-hydrogen) atoms. The van der Waals surface area contributed by atoms with E-state index in [4.69, 9.17) is 0 Å². The van der Waals surface area contributed by atoms with Crippen LogP contribution in [0.5, 0.6) is 0 Å². The molecule has 0 spiro atoms. The van der Waals surface area contributed by atoms with Crippen LogP contribution in [0, 0.1) is 0 Å². The fraction of sp³-hybridized carbons (Fsp3) is 1.00. The Balaban J connectivity index is 0.000001000. The topological polar surface area (TPSA) is 46.2 Å². The Morgan fingerprint density at radius 3 is 2.36 bits per heavy atom. The lowest BCUT2D eigenvalue weighted by Crippen LogP contribution is -2.37. The van der Waals surface area contributed by atoms with Gasteiger partial charge in [-0.2, -0.15) is 8.42 Å². The molecule has 1 aliphatic rings. The van der Waals surface area contributed by atoms with Crippen LogP contribution >= 0.6 is 12.4 Å². The SMILES string of the molecule is Cl.O=S(=O)(F)C1CCCNC1. The maximum atomic E-state index is 12.2. The van der Waals surface area contributed by atoms with E-state index in [1.54, 1.807) is 0 Å². The van der Waals surface area contributed by atoms with Crippen LogP contribution in [0.15, 0.2) is 0 Å². The van der Waals surface area contributed by atoms with Gasteiger partial charge in [0.1, 0.15) is 5.25 Å². The lowest BCUT2D eigenvalue weighted by Gasteiger charge is -2.18. The van der Waals surface area contributed by atoms with Gasteiger partial charge in [-0.3, -0.25) is 0 Å². The predicted octanol–water partition coefficient (Wildman–Crippen LogP) is 0.460. The third-order valence-corrected chi connectivity index (χ3v) is 2.85. The molecule has 0 radical (unpaired) electrons. The lowest BCUT2D eigenvalue weighted by molar-refractivity contribution is 0.473. The Kier molecular flexibility index (Phi) is 4.28. The van der Waals surface area contributed by atoms with Crippen LogP contribution in [0.1, 0.15) is 12.8 Å². The Labute approximate surface area is 72.0 Å². The summed E-state index contributed by atoms with van der Waals surface area (Å²) in [7, 11) is -4.29. The quantitative estimate of drug-likeness (QED) is 0.630. The molecule has 1 unspecified atom stereocenters. The fourth-order valence-corrected chi connectivity index (χ4v) is 1.83. The van der Waals surface area contributed by atoms with Crippen molar-refractivity contribution in [3.05, 3.63) is 0 Å². The van der Waals surface area contributed by atoms with E-state index < -0.39 is 15.5 Å². The van der Waals surface area contributed by atoms with Gasteiger partial charge in [0.2, 0.25) is 0 Å². The van der Waals surface area contributed by atoms with Crippen LogP contribution in [0.2, 0.25) is 0 Å². The van der Waals surface area contributed by atoms with E-state index in [1.807, 2.05) is 0 Å². The summed E-state index contributed by atoms with van der Waals surface area (Å²) in [6, 6.07) is 0. The molecule has 0 aromatic rings. The monoisotopic (exact) mass is 203 g/mol. The molecule has 1 atom stereocenters. The highest BCUT2D eigenvalue weighted by atomic mass is 35.5. The molecule has 3 nitrogen and oxygen atoms in total. The number of hydrogen-bond donors (Lipinski definition) is 1. The zero-order valence-corrected chi connectivity index (χ0v) is 7.55. The standard InChI is InChI=1S/C5H10FNO2S.ClH/c6-10(8,9)5-2-1-3-7-4-5;/h5,7H,1-4H2;1H. The third kappa shape index (κ3) is 3.35. The van der Waals surface area contributed by atoms with Crippen molar-refractivity contribution in [1.29, 1.82) is 0 Å². The van der Waals surface area contributed by atoms with E-state index in [1.165, 1.54) is 0 Å². The molecule has 1 N–H and O–H groups in total. The van der Waals surface area contributed by atoms with E-state index in [0.29, 0.717) is 6.42 Å². The first-order chi connectivity index (χ1) is 4.61. The van der Waals surface area contributed by atoms with Crippen LogP contribution < -0.4 is 5.32 Å². The van der Waals surface area contributed by atoms with Crippen molar-refractivity contribution < 1.29 is 12.3 Å². The number of nitrogens with one attached hydrogen (secondary N) is 1. The van der Waals surface area contributed by atoms with E-state index in [-0.39, 0.29) is 19.0 Å². The Morgan fingerprint density at radius 2 is 2.09 bits per heavy atom. The zero-order valence-electron chi connectivity index (χ0n) is 5.92. The van der Waals surface area contributed by atoms with E-state index in [9.17, 15) is 12.3 Å². The van der Waals surface area contributed by atoms with E-state index in [2.05, 4.69) is 5.32 Å². The predicted molar refractivity (Wildman–Crippen MR) is 43.2 cm³/mol. The molecule has 0 aromatic carbocycles. The van der Waals surface area contributed by atoms with Crippen molar-refractivity contribution >= 4 is 22.6 Å². The first kappa shape index (κ1) is 11.1. The Hall–Kier alpha value is 0.130. The summed E-state index contributed by atoms with van der Waals surface area (Å²) in [5.41, 5.74) is 0. The second-order valence-electron chi connectivity index (χ2n) is 2.44. The molecule has 0 amide bonds. The average molecular weight is 204 g/mol. The smallest absolute Gasteiger partial charge is 0.306 e. The molecule has 1 fully saturated rings. The molecule has 6 heteroatoms. The van der Waals surface area contributed by atoms with Gasteiger partial charge in [-0.15, -0.1) is 16.3 Å². The molecule has 68 valence electrons. The van der Waals surface area contributed by atoms with Crippen molar-refractivity contribution in [2.24, 2.45) is 0 Å². The second kappa shape index (κ2) is 4.23. The highest BCUT2D eigenvalue weighted by Crippen LogP contribution is 2.12. The number of halogens is 2. The van der Waals surface area contributed by atoms with Crippen LogP contribution in [-0.4, -0.2) is 26.8 Å². The van der Waals surface area contributed by atoms with E-state index in [0.717, 1.165) is 13.0 Å². The maximum Gasteiger partial charge on any atom is 0.306 e. The van der Waals surface area contributed by atoms with Crippen molar-refractivity contribution in [2.75, 3.05) is 13.1 Å². The van der Waals surface area contributed by atoms with Gasteiger partial charge in [0.25, 0.3) is 0 Å². The summed E-state index contributed by atoms with van der Waals surface area (Å²) in [5, 5.41) is 2.02. The molecule has 0 saturated carbocycles. The summed E-state index contributed by atoms with van der Waals surface area (Å²) in [5.74, 6) is 0. The van der Waals surface area contributed by atoms with Gasteiger partial charge < -0.3 is 5.32 Å². The number of hydrogen-bond acceptors (Lipinski definition) is 3. The van der Waals surface area contributed by atoms with Gasteiger partial charge in [0, 0.05) is 6.54 Å². The van der Waals surface area contributed by atoms with E-state index >= 15 is 0 Å². The molecule has 1 saturated heterocycles. The summed E-state index contributed by atoms with van der Waals surface area (Å²) in [6.45, 7) is 1.06. The first-order valence-electron chi connectivity index (χ1n) is 3.25. The third-order valence-electron chi connectivity index (χ3n) is 1.65. The minimum Gasteiger partial charge on any atom is -0.315 e. The Bertz CT molecular complexity index is 201. The van der Waals surface area contributed by atoms with Crippen molar-refractivity contribution in [1.82, 2.24) is 5.32 Å². The molecular weight excluding hydrogens is 193 g/mol. The highest BCUT2D eigenvalue weighted by Gasteiger charge is 2.25. The Morgan fingerprint density at radius 1 is 1.45 bits per heavy atom. The zero-order chi connectivity index (χ0) is 7.61. The minimum atomic E-state index is -4.29. The second-order valence-corrected chi connectivity index (χ2v) is 4.06. The molecular formula is C5H11ClFNO2S. The van der Waals surface area contributed by atoms with Gasteiger partial charge in [-0.25, -0.2) is 0 Å². The van der Waals surface area contributed by atoms with Gasteiger partial charge in [-0.05, 0) is 19.4 Å². The minimum absolute atomic E-state index is 0. The van der Waals surface area contributed by atoms with Crippen molar-refractivity contribution in [3.63, 3.8) is 0 Å². The highest BCUT2D eigenvalue weighted by molar-refractivity contribution is 7.87. The molecule has 1 heterocycles. The number of piperidine rings is 1. The average Bonchev–Trinajstić information content (AvgIpc) is 1.88. The van der Waals surface area contributed by atoms with Crippen LogP contribution in [0.25, 0.3) is 0 Å². The lowest BCUT2D eigenvalue weighted by atomic mass is 10.2. The summed E-state index contributed by atoms with van der Waals surface area (Å²) in [4.78, 5) is 0. The summed E-state index contributed by atoms with van der Waals surface area (Å²) < 4.78 is 32.8. The van der Waals surface area contributed by atoms with Crippen LogP contribution in [-0.2, 0) is 10.2 Å². The maximum absolute atomic E-state index is 12.2. The molecule has 1 aliphatic heterocycles. The van der Waals surface area contributed by atoms with Crippen molar-refractivity contribution in [2.45, 2.75) is 18.1 Å². The van der Waals surface area contributed by atoms with Crippen LogP contribution in [0.4, 0.5) is 3.89 Å². The molecule has 0 aliphatic carbocycles. The first-order valence-corrected chi connectivity index (χ1v) is 4.69. The van der Waals surface area contributed by atoms with Gasteiger partial charge in [-0.1, -0.05) is 0 Å². The summed E-state index contributed by atoms with van der Waals surface area (Å²) >= 11 is 0. The van der Waals surface area contributed by atoms with Gasteiger partial charge in [0.05, 0.1) is 0 Å². The largest absolute Gasteiger partial charge is 0.315 e. The normalized spacial score (nSPS) is 25.7. The van der Waals surface area contributed by atoms with Crippen LogP contribution in [0.3, 0.4) is 0 Å².